The van der Waals surface area contributed by atoms with Crippen LogP contribution in [0.1, 0.15) is 69.8 Å². The molecule has 0 spiro atoms. The second-order valence-electron chi connectivity index (χ2n) is 7.38. The van der Waals surface area contributed by atoms with Crippen LogP contribution in [0.2, 0.25) is 0 Å². The first-order valence-corrected chi connectivity index (χ1v) is 9.62. The molecule has 0 bridgehead atoms. The molecule has 1 aromatic rings. The van der Waals surface area contributed by atoms with Crippen molar-refractivity contribution < 1.29 is 23.1 Å². The smallest absolute Gasteiger partial charge is 0.336 e. The maximum absolute atomic E-state index is 14.3. The number of hydrogen-bond acceptors (Lipinski definition) is 3. The second kappa shape index (κ2) is 8.63. The molecular formula is C21H25F2NO3. The Morgan fingerprint density at radius 2 is 1.78 bits per heavy atom. The number of amides is 1. The molecule has 0 saturated heterocycles. The van der Waals surface area contributed by atoms with E-state index >= 15 is 0 Å². The van der Waals surface area contributed by atoms with Gasteiger partial charge in [0.1, 0.15) is 17.7 Å². The molecule has 0 aromatic heterocycles. The fraction of sp³-hybridized carbons (Fsp3) is 0.524. The van der Waals surface area contributed by atoms with Gasteiger partial charge in [-0.25, -0.2) is 13.6 Å². The minimum atomic E-state index is -0.777. The van der Waals surface area contributed by atoms with Gasteiger partial charge in [-0.2, -0.15) is 0 Å². The van der Waals surface area contributed by atoms with Gasteiger partial charge in [0.15, 0.2) is 0 Å². The third-order valence-corrected chi connectivity index (χ3v) is 5.35. The first-order chi connectivity index (χ1) is 13.0. The van der Waals surface area contributed by atoms with Gasteiger partial charge in [-0.05, 0) is 44.2 Å². The zero-order valence-corrected chi connectivity index (χ0v) is 15.5. The Hall–Kier alpha value is -2.24. The Balaban J connectivity index is 1.85. The van der Waals surface area contributed by atoms with E-state index in [2.05, 4.69) is 5.32 Å². The predicted octanol–water partition coefficient (Wildman–Crippen LogP) is 4.50. The van der Waals surface area contributed by atoms with E-state index in [1.807, 2.05) is 0 Å². The van der Waals surface area contributed by atoms with Crippen molar-refractivity contribution in [1.29, 1.82) is 0 Å². The third kappa shape index (κ3) is 4.73. The molecule has 1 saturated carbocycles. The van der Waals surface area contributed by atoms with Crippen LogP contribution in [0.5, 0.6) is 0 Å². The zero-order valence-electron chi connectivity index (χ0n) is 15.5. The Morgan fingerprint density at radius 3 is 2.44 bits per heavy atom. The number of halogens is 2. The Bertz CT molecular complexity index is 752. The highest BCUT2D eigenvalue weighted by atomic mass is 19.1. The van der Waals surface area contributed by atoms with Crippen molar-refractivity contribution in [3.63, 3.8) is 0 Å². The zero-order chi connectivity index (χ0) is 19.4. The van der Waals surface area contributed by atoms with Crippen LogP contribution in [-0.4, -0.2) is 18.0 Å². The van der Waals surface area contributed by atoms with Crippen LogP contribution in [-0.2, 0) is 14.3 Å². The molecule has 1 aliphatic heterocycles. The molecule has 1 heterocycles. The lowest BCUT2D eigenvalue weighted by Crippen LogP contribution is -2.35. The monoisotopic (exact) mass is 377 g/mol. The minimum absolute atomic E-state index is 0.0744. The normalized spacial score (nSPS) is 22.0. The molecule has 1 aromatic carbocycles. The van der Waals surface area contributed by atoms with Crippen molar-refractivity contribution in [2.24, 2.45) is 0 Å². The number of esters is 1. The van der Waals surface area contributed by atoms with Gasteiger partial charge in [-0.3, -0.25) is 4.79 Å². The molecule has 6 heteroatoms. The van der Waals surface area contributed by atoms with E-state index in [-0.39, 0.29) is 29.6 Å². The number of carbonyl (C=O) groups is 2. The highest BCUT2D eigenvalue weighted by molar-refractivity contribution is 5.95. The fourth-order valence-corrected chi connectivity index (χ4v) is 3.97. The average molecular weight is 377 g/mol. The van der Waals surface area contributed by atoms with Gasteiger partial charge in [0, 0.05) is 24.1 Å². The molecule has 1 aliphatic carbocycles. The van der Waals surface area contributed by atoms with E-state index in [1.54, 1.807) is 6.92 Å². The molecule has 146 valence electrons. The summed E-state index contributed by atoms with van der Waals surface area (Å²) in [7, 11) is 0. The van der Waals surface area contributed by atoms with Gasteiger partial charge in [0.2, 0.25) is 5.91 Å². The number of carbonyl (C=O) groups excluding carboxylic acids is 2. The first kappa shape index (κ1) is 19.5. The van der Waals surface area contributed by atoms with Crippen molar-refractivity contribution >= 4 is 11.9 Å². The molecule has 1 atom stereocenters. The Labute approximate surface area is 158 Å². The molecular weight excluding hydrogens is 352 g/mol. The van der Waals surface area contributed by atoms with Crippen molar-refractivity contribution in [2.75, 3.05) is 0 Å². The molecule has 3 rings (SSSR count). The van der Waals surface area contributed by atoms with E-state index in [9.17, 15) is 18.4 Å². The first-order valence-electron chi connectivity index (χ1n) is 9.62. The minimum Gasteiger partial charge on any atom is -0.459 e. The number of hydrogen-bond donors (Lipinski definition) is 1. The van der Waals surface area contributed by atoms with Gasteiger partial charge < -0.3 is 10.1 Å². The van der Waals surface area contributed by atoms with Crippen LogP contribution in [0.25, 0.3) is 0 Å². The third-order valence-electron chi connectivity index (χ3n) is 5.35. The van der Waals surface area contributed by atoms with Crippen molar-refractivity contribution in [2.45, 2.75) is 70.3 Å². The van der Waals surface area contributed by atoms with E-state index in [0.717, 1.165) is 50.7 Å². The lowest BCUT2D eigenvalue weighted by Gasteiger charge is -2.28. The van der Waals surface area contributed by atoms with Gasteiger partial charge in [0.25, 0.3) is 0 Å². The summed E-state index contributed by atoms with van der Waals surface area (Å²) >= 11 is 0. The van der Waals surface area contributed by atoms with Crippen LogP contribution in [0.4, 0.5) is 8.78 Å². The molecule has 1 unspecified atom stereocenters. The van der Waals surface area contributed by atoms with Crippen LogP contribution in [0.3, 0.4) is 0 Å². The SMILES string of the molecule is CC1=C(C(=O)OC2CCCCCCC2)C(c2ccc(F)cc2F)CC(=O)N1. The lowest BCUT2D eigenvalue weighted by molar-refractivity contribution is -0.145. The molecule has 0 radical (unpaired) electrons. The number of allylic oxidation sites excluding steroid dienone is 1. The van der Waals surface area contributed by atoms with Gasteiger partial charge in [0.05, 0.1) is 5.57 Å². The van der Waals surface area contributed by atoms with E-state index < -0.39 is 23.5 Å². The summed E-state index contributed by atoms with van der Waals surface area (Å²) in [5.41, 5.74) is 0.758. The average Bonchev–Trinajstić information content (AvgIpc) is 2.56. The summed E-state index contributed by atoms with van der Waals surface area (Å²) in [6.45, 7) is 1.61. The maximum Gasteiger partial charge on any atom is 0.336 e. The van der Waals surface area contributed by atoms with Gasteiger partial charge in [-0.15, -0.1) is 0 Å². The maximum atomic E-state index is 14.3. The fourth-order valence-electron chi connectivity index (χ4n) is 3.97. The molecule has 1 amide bonds. The molecule has 1 N–H and O–H groups in total. The molecule has 1 fully saturated rings. The van der Waals surface area contributed by atoms with Crippen LogP contribution >= 0.6 is 0 Å². The largest absolute Gasteiger partial charge is 0.459 e. The summed E-state index contributed by atoms with van der Waals surface area (Å²) in [4.78, 5) is 24.9. The van der Waals surface area contributed by atoms with E-state index in [0.29, 0.717) is 5.70 Å². The van der Waals surface area contributed by atoms with Crippen molar-refractivity contribution in [1.82, 2.24) is 5.32 Å². The summed E-state index contributed by atoms with van der Waals surface area (Å²) in [5.74, 6) is -3.06. The van der Waals surface area contributed by atoms with Gasteiger partial charge >= 0.3 is 5.97 Å². The predicted molar refractivity (Wildman–Crippen MR) is 96.8 cm³/mol. The van der Waals surface area contributed by atoms with Crippen molar-refractivity contribution in [3.05, 3.63) is 46.7 Å². The summed E-state index contributed by atoms with van der Waals surface area (Å²) in [6, 6.07) is 3.21. The van der Waals surface area contributed by atoms with Crippen LogP contribution in [0, 0.1) is 11.6 Å². The Kier molecular flexibility index (Phi) is 6.24. The highest BCUT2D eigenvalue weighted by Crippen LogP contribution is 2.35. The number of benzene rings is 1. The number of ether oxygens (including phenoxy) is 1. The van der Waals surface area contributed by atoms with Crippen molar-refractivity contribution in [3.8, 4) is 0 Å². The molecule has 2 aliphatic rings. The summed E-state index contributed by atoms with van der Waals surface area (Å²) in [6.07, 6.45) is 6.92. The quantitative estimate of drug-likeness (QED) is 0.789. The van der Waals surface area contributed by atoms with E-state index in [1.165, 1.54) is 12.5 Å². The standard InChI is InChI=1S/C21H25F2NO3/c1-13-20(21(26)27-15-7-5-3-2-4-6-8-15)17(12-19(25)24-13)16-10-9-14(22)11-18(16)23/h9-11,15,17H,2-8,12H2,1H3,(H,24,25). The Morgan fingerprint density at radius 1 is 1.11 bits per heavy atom. The molecule has 27 heavy (non-hydrogen) atoms. The topological polar surface area (TPSA) is 55.4 Å². The summed E-state index contributed by atoms with van der Waals surface area (Å²) in [5, 5.41) is 2.64. The highest BCUT2D eigenvalue weighted by Gasteiger charge is 2.35. The van der Waals surface area contributed by atoms with E-state index in [4.69, 9.17) is 4.74 Å². The summed E-state index contributed by atoms with van der Waals surface area (Å²) < 4.78 is 33.4. The number of nitrogens with one attached hydrogen (secondary N) is 1. The number of rotatable bonds is 3. The molecule has 4 nitrogen and oxygen atoms in total. The van der Waals surface area contributed by atoms with Gasteiger partial charge in [-0.1, -0.05) is 25.3 Å². The second-order valence-corrected chi connectivity index (χ2v) is 7.38. The lowest BCUT2D eigenvalue weighted by atomic mass is 9.84. The van der Waals surface area contributed by atoms with Crippen LogP contribution < -0.4 is 5.32 Å². The van der Waals surface area contributed by atoms with Crippen LogP contribution in [0.15, 0.2) is 29.5 Å².